The van der Waals surface area contributed by atoms with E-state index in [9.17, 15) is 0 Å². The van der Waals surface area contributed by atoms with Crippen LogP contribution in [-0.4, -0.2) is 6.36 Å². The van der Waals surface area contributed by atoms with Crippen LogP contribution in [0.3, 0.4) is 0 Å². The number of alkyl halides is 3. The van der Waals surface area contributed by atoms with Gasteiger partial charge in [0.2, 0.25) is 0 Å². The van der Waals surface area contributed by atoms with Gasteiger partial charge in [0.25, 0.3) is 0 Å². The van der Waals surface area contributed by atoms with Gasteiger partial charge in [0.05, 0.1) is 1.93 Å². The Hall–Kier alpha value is 2.19. The molecule has 0 aromatic rings. The summed E-state index contributed by atoms with van der Waals surface area (Å²) in [5, 5.41) is 0. The minimum Gasteiger partial charge on any atom is -0.0864 e. The van der Waals surface area contributed by atoms with Crippen LogP contribution >= 0.6 is 67.8 Å². The van der Waals surface area contributed by atoms with Crippen molar-refractivity contribution in [1.29, 1.82) is 0 Å². The van der Waals surface area contributed by atoms with Gasteiger partial charge in [-0.15, -0.1) is 0 Å². The van der Waals surface area contributed by atoms with Crippen molar-refractivity contribution in [2.24, 2.45) is 0 Å². The summed E-state index contributed by atoms with van der Waals surface area (Å²) < 4.78 is 2.18. The normalized spacial score (nSPS) is 11.2. The van der Waals surface area contributed by atoms with Gasteiger partial charge >= 0.3 is 0 Å². The zero-order valence-corrected chi connectivity index (χ0v) is 16.7. The molecule has 0 atom stereocenters. The molecule has 0 fully saturated rings. The standard InChI is InChI=1S/C13H25I3/c14-12-10-8-6-4-2-1-3-5-7-9-11-13(15)16/h13H,1-12H2. The highest BCUT2D eigenvalue weighted by Crippen LogP contribution is 2.18. The highest BCUT2D eigenvalue weighted by Gasteiger charge is 1.97. The Balaban J connectivity index is 2.88. The van der Waals surface area contributed by atoms with Crippen LogP contribution in [0.5, 0.6) is 0 Å². The van der Waals surface area contributed by atoms with Crippen LogP contribution in [0.25, 0.3) is 0 Å². The summed E-state index contributed by atoms with van der Waals surface area (Å²) in [7, 11) is 0. The zero-order chi connectivity index (χ0) is 12.1. The Kier molecular flexibility index (Phi) is 17.3. The Bertz CT molecular complexity index is 126. The Morgan fingerprint density at radius 1 is 0.562 bits per heavy atom. The Morgan fingerprint density at radius 2 is 0.938 bits per heavy atom. The van der Waals surface area contributed by atoms with E-state index in [-0.39, 0.29) is 0 Å². The molecule has 0 aliphatic carbocycles. The smallest absolute Gasteiger partial charge is 0.0626 e. The summed E-state index contributed by atoms with van der Waals surface area (Å²) in [5.41, 5.74) is 0. The fraction of sp³-hybridized carbons (Fsp3) is 1.00. The summed E-state index contributed by atoms with van der Waals surface area (Å²) in [5.74, 6) is 0. The number of hydrogen-bond acceptors (Lipinski definition) is 0. The second-order valence-electron chi connectivity index (χ2n) is 4.40. The molecule has 0 rings (SSSR count). The third kappa shape index (κ3) is 16.2. The van der Waals surface area contributed by atoms with E-state index in [0.717, 1.165) is 1.93 Å². The van der Waals surface area contributed by atoms with Crippen LogP contribution in [-0.2, 0) is 0 Å². The van der Waals surface area contributed by atoms with Crippen molar-refractivity contribution >= 4 is 67.8 Å². The average Bonchev–Trinajstić information content (AvgIpc) is 2.25. The van der Waals surface area contributed by atoms with Gasteiger partial charge in [0.15, 0.2) is 0 Å². The highest BCUT2D eigenvalue weighted by molar-refractivity contribution is 14.2. The zero-order valence-electron chi connectivity index (χ0n) is 10.2. The molecule has 16 heavy (non-hydrogen) atoms. The lowest BCUT2D eigenvalue weighted by Gasteiger charge is -2.03. The molecule has 0 saturated heterocycles. The summed E-state index contributed by atoms with van der Waals surface area (Å²) in [6.07, 6.45) is 16.0. The maximum Gasteiger partial charge on any atom is 0.0626 e. The first-order valence-corrected chi connectivity index (χ1v) is 10.6. The lowest BCUT2D eigenvalue weighted by atomic mass is 10.1. The van der Waals surface area contributed by atoms with E-state index < -0.39 is 0 Å². The summed E-state index contributed by atoms with van der Waals surface area (Å²) in [6, 6.07) is 0. The second kappa shape index (κ2) is 15.2. The van der Waals surface area contributed by atoms with Gasteiger partial charge < -0.3 is 0 Å². The quantitative estimate of drug-likeness (QED) is 0.138. The average molecular weight is 562 g/mol. The van der Waals surface area contributed by atoms with Crippen molar-refractivity contribution in [2.45, 2.75) is 72.6 Å². The van der Waals surface area contributed by atoms with Gasteiger partial charge in [0, 0.05) is 0 Å². The van der Waals surface area contributed by atoms with Crippen LogP contribution in [0.15, 0.2) is 0 Å². The molecular formula is C13H25I3. The molecule has 0 aromatic carbocycles. The predicted octanol–water partition coefficient (Wildman–Crippen LogP) is 6.91. The minimum atomic E-state index is 0.841. The molecule has 0 aromatic heterocycles. The maximum atomic E-state index is 2.52. The topological polar surface area (TPSA) is 0 Å². The monoisotopic (exact) mass is 562 g/mol. The Labute approximate surface area is 143 Å². The molecule has 0 radical (unpaired) electrons. The number of unbranched alkanes of at least 4 members (excludes halogenated alkanes) is 9. The van der Waals surface area contributed by atoms with E-state index in [1.807, 2.05) is 0 Å². The van der Waals surface area contributed by atoms with Crippen LogP contribution in [0.2, 0.25) is 0 Å². The molecule has 0 N–H and O–H groups in total. The summed E-state index contributed by atoms with van der Waals surface area (Å²) in [6.45, 7) is 0. The molecule has 0 saturated carbocycles. The lowest BCUT2D eigenvalue weighted by Crippen LogP contribution is -1.86. The molecule has 0 nitrogen and oxygen atoms in total. The predicted molar refractivity (Wildman–Crippen MR) is 102 cm³/mol. The van der Waals surface area contributed by atoms with E-state index >= 15 is 0 Å². The van der Waals surface area contributed by atoms with Gasteiger partial charge in [-0.05, 0) is 17.3 Å². The van der Waals surface area contributed by atoms with Crippen LogP contribution < -0.4 is 0 Å². The molecule has 0 aliphatic heterocycles. The van der Waals surface area contributed by atoms with E-state index in [1.165, 1.54) is 75.1 Å². The van der Waals surface area contributed by atoms with Gasteiger partial charge in [-0.3, -0.25) is 0 Å². The first-order valence-electron chi connectivity index (χ1n) is 6.61. The van der Waals surface area contributed by atoms with Crippen molar-refractivity contribution < 1.29 is 0 Å². The first-order chi connectivity index (χ1) is 7.77. The molecule has 98 valence electrons. The van der Waals surface area contributed by atoms with Crippen molar-refractivity contribution in [3.05, 3.63) is 0 Å². The minimum absolute atomic E-state index is 0.841. The van der Waals surface area contributed by atoms with E-state index in [1.54, 1.807) is 0 Å². The molecule has 0 aliphatic rings. The summed E-state index contributed by atoms with van der Waals surface area (Å²) in [4.78, 5) is 0. The number of hydrogen-bond donors (Lipinski definition) is 0. The highest BCUT2D eigenvalue weighted by atomic mass is 127. The largest absolute Gasteiger partial charge is 0.0864 e. The van der Waals surface area contributed by atoms with Gasteiger partial charge in [0.1, 0.15) is 0 Å². The van der Waals surface area contributed by atoms with Crippen LogP contribution in [0.1, 0.15) is 70.6 Å². The van der Waals surface area contributed by atoms with Gasteiger partial charge in [-0.25, -0.2) is 0 Å². The SMILES string of the molecule is ICCCCCCCCCCCCC(I)I. The van der Waals surface area contributed by atoms with Crippen LogP contribution in [0, 0.1) is 0 Å². The molecule has 0 heterocycles. The fourth-order valence-electron chi connectivity index (χ4n) is 1.81. The Morgan fingerprint density at radius 3 is 1.31 bits per heavy atom. The van der Waals surface area contributed by atoms with Gasteiger partial charge in [-0.1, -0.05) is 126 Å². The van der Waals surface area contributed by atoms with Crippen molar-refractivity contribution in [3.63, 3.8) is 0 Å². The third-order valence-corrected chi connectivity index (χ3v) is 4.81. The maximum absolute atomic E-state index is 2.52. The third-order valence-electron chi connectivity index (χ3n) is 2.81. The fourth-order valence-corrected chi connectivity index (χ4v) is 3.23. The lowest BCUT2D eigenvalue weighted by molar-refractivity contribution is 0.556. The van der Waals surface area contributed by atoms with Crippen molar-refractivity contribution in [3.8, 4) is 0 Å². The van der Waals surface area contributed by atoms with Gasteiger partial charge in [-0.2, -0.15) is 0 Å². The van der Waals surface area contributed by atoms with E-state index in [2.05, 4.69) is 67.8 Å². The molecule has 0 unspecified atom stereocenters. The van der Waals surface area contributed by atoms with E-state index in [4.69, 9.17) is 0 Å². The van der Waals surface area contributed by atoms with Crippen LogP contribution in [0.4, 0.5) is 0 Å². The second-order valence-corrected chi connectivity index (χ2v) is 10.9. The molecule has 0 amide bonds. The van der Waals surface area contributed by atoms with E-state index in [0.29, 0.717) is 0 Å². The molecular weight excluding hydrogens is 537 g/mol. The molecule has 3 heteroatoms. The molecule has 0 bridgehead atoms. The number of rotatable bonds is 12. The van der Waals surface area contributed by atoms with Crippen molar-refractivity contribution in [1.82, 2.24) is 0 Å². The first kappa shape index (κ1) is 18.2. The number of halogens is 3. The summed E-state index contributed by atoms with van der Waals surface area (Å²) >= 11 is 7.52. The van der Waals surface area contributed by atoms with Crippen molar-refractivity contribution in [2.75, 3.05) is 4.43 Å². The molecule has 0 spiro atoms.